The highest BCUT2D eigenvalue weighted by molar-refractivity contribution is 7.88. The van der Waals surface area contributed by atoms with Gasteiger partial charge in [0.2, 0.25) is 10.0 Å². The summed E-state index contributed by atoms with van der Waals surface area (Å²) in [6.45, 7) is 2.05. The number of halogens is 1. The first-order valence-electron chi connectivity index (χ1n) is 12.8. The SMILES string of the molecule is CC1CC(Nc2nc(NC3C[C@H]4CC[C@@H](C3)N4S(=O)(=O)Cc3ccncc3)c3cccnc3c2F)NN1. The van der Waals surface area contributed by atoms with Crippen LogP contribution in [-0.2, 0) is 15.8 Å². The summed E-state index contributed by atoms with van der Waals surface area (Å²) in [7, 11) is -3.45. The number of anilines is 2. The monoisotopic (exact) mass is 526 g/mol. The molecule has 0 amide bonds. The predicted octanol–water partition coefficient (Wildman–Crippen LogP) is 2.73. The van der Waals surface area contributed by atoms with Crippen LogP contribution in [0.4, 0.5) is 16.0 Å². The average Bonchev–Trinajstić information content (AvgIpc) is 3.42. The fourth-order valence-electron chi connectivity index (χ4n) is 5.95. The van der Waals surface area contributed by atoms with Crippen LogP contribution in [0, 0.1) is 5.82 Å². The lowest BCUT2D eigenvalue weighted by Gasteiger charge is -2.38. The quantitative estimate of drug-likeness (QED) is 0.368. The maximum atomic E-state index is 15.3. The molecule has 5 atom stereocenters. The van der Waals surface area contributed by atoms with Gasteiger partial charge in [-0.15, -0.1) is 0 Å². The molecule has 0 radical (unpaired) electrons. The van der Waals surface area contributed by atoms with Crippen molar-refractivity contribution in [2.75, 3.05) is 10.6 Å². The zero-order valence-corrected chi connectivity index (χ0v) is 21.4. The summed E-state index contributed by atoms with van der Waals surface area (Å²) < 4.78 is 43.7. The minimum absolute atomic E-state index is 0.0189. The molecule has 3 unspecified atom stereocenters. The minimum atomic E-state index is -3.45. The van der Waals surface area contributed by atoms with Crippen molar-refractivity contribution in [2.45, 2.75) is 75.1 Å². The third-order valence-corrected chi connectivity index (χ3v) is 9.47. The number of aromatic nitrogens is 3. The van der Waals surface area contributed by atoms with Gasteiger partial charge in [0.05, 0.1) is 11.9 Å². The standard InChI is InChI=1S/C25H31FN8O2S/c1-15-11-21(33-32-15)30-25-22(26)23-20(3-2-8-28-23)24(31-25)29-17-12-18-4-5-19(13-17)34(18)37(35,36)14-16-6-9-27-10-7-16/h2-3,6-10,15,17-19,21,32-33H,4-5,11-14H2,1H3,(H2,29,30,31)/t15?,17?,18-,19+,21?. The maximum Gasteiger partial charge on any atom is 0.218 e. The van der Waals surface area contributed by atoms with E-state index in [0.29, 0.717) is 24.0 Å². The summed E-state index contributed by atoms with van der Waals surface area (Å²) in [6.07, 6.45) is 8.44. The van der Waals surface area contributed by atoms with Gasteiger partial charge in [-0.1, -0.05) is 0 Å². The van der Waals surface area contributed by atoms with Gasteiger partial charge in [-0.25, -0.2) is 23.2 Å². The van der Waals surface area contributed by atoms with Crippen LogP contribution in [0.25, 0.3) is 10.9 Å². The van der Waals surface area contributed by atoms with Crippen molar-refractivity contribution in [3.8, 4) is 0 Å². The molecule has 0 saturated carbocycles. The first kappa shape index (κ1) is 24.4. The van der Waals surface area contributed by atoms with Crippen LogP contribution in [0.1, 0.15) is 44.6 Å². The predicted molar refractivity (Wildman–Crippen MR) is 139 cm³/mol. The smallest absolute Gasteiger partial charge is 0.218 e. The lowest BCUT2D eigenvalue weighted by molar-refractivity contribution is 0.234. The molecule has 3 saturated heterocycles. The summed E-state index contributed by atoms with van der Waals surface area (Å²) in [4.78, 5) is 12.9. The van der Waals surface area contributed by atoms with E-state index in [4.69, 9.17) is 0 Å². The van der Waals surface area contributed by atoms with Crippen molar-refractivity contribution in [2.24, 2.45) is 0 Å². The summed E-state index contributed by atoms with van der Waals surface area (Å²) >= 11 is 0. The average molecular weight is 527 g/mol. The van der Waals surface area contributed by atoms with E-state index in [2.05, 4.69) is 36.4 Å². The lowest BCUT2D eigenvalue weighted by atomic mass is 9.99. The molecule has 0 aliphatic carbocycles. The van der Waals surface area contributed by atoms with Crippen LogP contribution in [0.5, 0.6) is 0 Å². The Kier molecular flexibility index (Phi) is 6.43. The van der Waals surface area contributed by atoms with Gasteiger partial charge in [0.15, 0.2) is 11.6 Å². The normalized spacial score (nSPS) is 28.0. The zero-order valence-electron chi connectivity index (χ0n) is 20.6. The van der Waals surface area contributed by atoms with Gasteiger partial charge >= 0.3 is 0 Å². The Morgan fingerprint density at radius 3 is 2.49 bits per heavy atom. The molecule has 3 aromatic heterocycles. The highest BCUT2D eigenvalue weighted by Gasteiger charge is 2.46. The largest absolute Gasteiger partial charge is 0.367 e. The van der Waals surface area contributed by atoms with E-state index in [-0.39, 0.29) is 47.4 Å². The third-order valence-electron chi connectivity index (χ3n) is 7.53. The first-order chi connectivity index (χ1) is 17.9. The fraction of sp³-hybridized carbons (Fsp3) is 0.480. The van der Waals surface area contributed by atoms with Gasteiger partial charge in [0, 0.05) is 48.1 Å². The molecule has 37 heavy (non-hydrogen) atoms. The van der Waals surface area contributed by atoms with Crippen LogP contribution < -0.4 is 21.5 Å². The summed E-state index contributed by atoms with van der Waals surface area (Å²) in [5.74, 6) is 0.194. The molecule has 4 N–H and O–H groups in total. The number of fused-ring (bicyclic) bond motifs is 3. The van der Waals surface area contributed by atoms with E-state index in [9.17, 15) is 8.42 Å². The Morgan fingerprint density at radius 2 is 1.78 bits per heavy atom. The number of hydrogen-bond acceptors (Lipinski definition) is 9. The summed E-state index contributed by atoms with van der Waals surface area (Å²) in [5, 5.41) is 7.29. The van der Waals surface area contributed by atoms with Gasteiger partial charge in [0.25, 0.3) is 0 Å². The van der Waals surface area contributed by atoms with Gasteiger partial charge in [-0.05, 0) is 68.9 Å². The van der Waals surface area contributed by atoms with E-state index >= 15 is 4.39 Å². The number of nitrogens with one attached hydrogen (secondary N) is 4. The molecule has 3 aromatic rings. The van der Waals surface area contributed by atoms with Crippen molar-refractivity contribution in [3.05, 3.63) is 54.2 Å². The molecule has 3 aliphatic rings. The Balaban J connectivity index is 1.22. The van der Waals surface area contributed by atoms with E-state index in [1.807, 2.05) is 13.0 Å². The fourth-order valence-corrected chi connectivity index (χ4v) is 8.00. The topological polar surface area (TPSA) is 124 Å². The van der Waals surface area contributed by atoms with E-state index in [0.717, 1.165) is 24.8 Å². The second-order valence-electron chi connectivity index (χ2n) is 10.3. The number of piperidine rings is 1. The van der Waals surface area contributed by atoms with Crippen molar-refractivity contribution in [3.63, 3.8) is 0 Å². The Labute approximate surface area is 215 Å². The molecular weight excluding hydrogens is 495 g/mol. The van der Waals surface area contributed by atoms with E-state index < -0.39 is 15.8 Å². The third kappa shape index (κ3) is 4.86. The van der Waals surface area contributed by atoms with Crippen molar-refractivity contribution >= 4 is 32.6 Å². The molecule has 196 valence electrons. The number of pyridine rings is 3. The zero-order chi connectivity index (χ0) is 25.6. The molecule has 3 aliphatic heterocycles. The van der Waals surface area contributed by atoms with Crippen molar-refractivity contribution < 1.29 is 12.8 Å². The number of nitrogens with zero attached hydrogens (tertiary/aromatic N) is 4. The molecule has 12 heteroatoms. The molecule has 10 nitrogen and oxygen atoms in total. The van der Waals surface area contributed by atoms with Gasteiger partial charge < -0.3 is 10.6 Å². The Morgan fingerprint density at radius 1 is 1.03 bits per heavy atom. The Hall–Kier alpha value is -2.93. The molecule has 3 fully saturated rings. The first-order valence-corrected chi connectivity index (χ1v) is 14.4. The molecule has 0 spiro atoms. The number of rotatable bonds is 7. The highest BCUT2D eigenvalue weighted by Crippen LogP contribution is 2.40. The second kappa shape index (κ2) is 9.75. The van der Waals surface area contributed by atoms with Crippen LogP contribution in [0.3, 0.4) is 0 Å². The van der Waals surface area contributed by atoms with Gasteiger partial charge in [0.1, 0.15) is 11.3 Å². The van der Waals surface area contributed by atoms with Crippen molar-refractivity contribution in [1.82, 2.24) is 30.1 Å². The van der Waals surface area contributed by atoms with Crippen molar-refractivity contribution in [1.29, 1.82) is 0 Å². The molecular formula is C25H31FN8O2S. The molecule has 2 bridgehead atoms. The summed E-state index contributed by atoms with van der Waals surface area (Å²) in [5.41, 5.74) is 7.23. The van der Waals surface area contributed by atoms with E-state index in [1.54, 1.807) is 41.1 Å². The number of sulfonamides is 1. The van der Waals surface area contributed by atoms with Crippen LogP contribution in [0.2, 0.25) is 0 Å². The Bertz CT molecular complexity index is 1380. The molecule has 0 aromatic carbocycles. The number of hydrazine groups is 1. The van der Waals surface area contributed by atoms with Crippen LogP contribution in [-0.4, -0.2) is 58.0 Å². The molecule has 6 rings (SSSR count). The lowest BCUT2D eigenvalue weighted by Crippen LogP contribution is -2.50. The van der Waals surface area contributed by atoms with Crippen LogP contribution >= 0.6 is 0 Å². The minimum Gasteiger partial charge on any atom is -0.367 e. The molecule has 6 heterocycles. The second-order valence-corrected chi connectivity index (χ2v) is 12.2. The number of hydrogen-bond donors (Lipinski definition) is 4. The highest BCUT2D eigenvalue weighted by atomic mass is 32.2. The van der Waals surface area contributed by atoms with Gasteiger partial charge in [-0.2, -0.15) is 4.31 Å². The van der Waals surface area contributed by atoms with Crippen LogP contribution in [0.15, 0.2) is 42.9 Å². The maximum absolute atomic E-state index is 15.3. The van der Waals surface area contributed by atoms with E-state index in [1.165, 1.54) is 0 Å². The summed E-state index contributed by atoms with van der Waals surface area (Å²) in [6, 6.07) is 7.21. The van der Waals surface area contributed by atoms with Gasteiger partial charge in [-0.3, -0.25) is 15.4 Å².